The van der Waals surface area contributed by atoms with Crippen LogP contribution >= 0.6 is 0 Å². The number of nitrogens with zero attached hydrogens (tertiary/aromatic N) is 1. The van der Waals surface area contributed by atoms with Crippen LogP contribution in [-0.4, -0.2) is 48.0 Å². The number of nitrogens with one attached hydrogen (secondary N) is 1. The van der Waals surface area contributed by atoms with E-state index in [9.17, 15) is 14.4 Å². The van der Waals surface area contributed by atoms with Crippen LogP contribution in [0.4, 0.5) is 0 Å². The number of aromatic amines is 1. The van der Waals surface area contributed by atoms with Gasteiger partial charge in [-0.3, -0.25) is 4.79 Å². The summed E-state index contributed by atoms with van der Waals surface area (Å²) in [5, 5.41) is 1.06. The fourth-order valence-electron chi connectivity index (χ4n) is 5.60. The van der Waals surface area contributed by atoms with Crippen molar-refractivity contribution in [2.45, 2.75) is 37.8 Å². The SMILES string of the molecule is COC(=O)C1=CCC[C@@H]2C(=O)N3[C@@H](C(=O)OC)Cc4c([nH]c5ccccc45)[C@@H]3C[C@H]12. The summed E-state index contributed by atoms with van der Waals surface area (Å²) >= 11 is 0. The van der Waals surface area contributed by atoms with Crippen LogP contribution in [0.25, 0.3) is 10.9 Å². The van der Waals surface area contributed by atoms with E-state index in [1.165, 1.54) is 14.2 Å². The Labute approximate surface area is 174 Å². The molecule has 3 heterocycles. The van der Waals surface area contributed by atoms with E-state index in [1.807, 2.05) is 30.3 Å². The molecule has 7 heteroatoms. The van der Waals surface area contributed by atoms with Crippen molar-refractivity contribution in [3.05, 3.63) is 47.2 Å². The molecule has 0 saturated carbocycles. The summed E-state index contributed by atoms with van der Waals surface area (Å²) in [6, 6.07) is 6.98. The van der Waals surface area contributed by atoms with Crippen molar-refractivity contribution in [1.82, 2.24) is 9.88 Å². The molecule has 3 aliphatic rings. The largest absolute Gasteiger partial charge is 0.467 e. The molecule has 7 nitrogen and oxygen atoms in total. The second-order valence-electron chi connectivity index (χ2n) is 8.24. The number of para-hydroxylation sites is 1. The summed E-state index contributed by atoms with van der Waals surface area (Å²) in [6.45, 7) is 0. The van der Waals surface area contributed by atoms with Crippen molar-refractivity contribution in [2.24, 2.45) is 11.8 Å². The van der Waals surface area contributed by atoms with Crippen LogP contribution in [0.15, 0.2) is 35.9 Å². The monoisotopic (exact) mass is 408 g/mol. The highest BCUT2D eigenvalue weighted by Gasteiger charge is 2.52. The second-order valence-corrected chi connectivity index (χ2v) is 8.24. The Morgan fingerprint density at radius 3 is 2.70 bits per heavy atom. The Balaban J connectivity index is 1.65. The van der Waals surface area contributed by atoms with Crippen LogP contribution in [0.5, 0.6) is 0 Å². The molecule has 0 radical (unpaired) electrons. The van der Waals surface area contributed by atoms with E-state index in [0.717, 1.165) is 22.2 Å². The first-order valence-electron chi connectivity index (χ1n) is 10.3. The van der Waals surface area contributed by atoms with E-state index in [2.05, 4.69) is 4.98 Å². The van der Waals surface area contributed by atoms with Crippen molar-refractivity contribution in [2.75, 3.05) is 14.2 Å². The first-order valence-corrected chi connectivity index (χ1v) is 10.3. The summed E-state index contributed by atoms with van der Waals surface area (Å²) in [4.78, 5) is 43.9. The first kappa shape index (κ1) is 18.9. The highest BCUT2D eigenvalue weighted by molar-refractivity contribution is 5.94. The summed E-state index contributed by atoms with van der Waals surface area (Å²) < 4.78 is 10.1. The van der Waals surface area contributed by atoms with Gasteiger partial charge in [-0.05, 0) is 30.9 Å². The van der Waals surface area contributed by atoms with Gasteiger partial charge in [0, 0.05) is 40.4 Å². The number of aromatic nitrogens is 1. The topological polar surface area (TPSA) is 88.7 Å². The lowest BCUT2D eigenvalue weighted by molar-refractivity contribution is -0.163. The average molecular weight is 408 g/mol. The Kier molecular flexibility index (Phi) is 4.41. The van der Waals surface area contributed by atoms with Gasteiger partial charge >= 0.3 is 11.9 Å². The number of benzene rings is 1. The molecule has 156 valence electrons. The third-order valence-corrected chi connectivity index (χ3v) is 6.92. The van der Waals surface area contributed by atoms with Gasteiger partial charge < -0.3 is 19.4 Å². The van der Waals surface area contributed by atoms with Gasteiger partial charge in [-0.2, -0.15) is 0 Å². The number of carbonyl (C=O) groups is 3. The first-order chi connectivity index (χ1) is 14.5. The van der Waals surface area contributed by atoms with Crippen LogP contribution in [0.3, 0.4) is 0 Å². The van der Waals surface area contributed by atoms with Crippen LogP contribution < -0.4 is 0 Å². The number of esters is 2. The van der Waals surface area contributed by atoms with Gasteiger partial charge in [0.05, 0.1) is 20.3 Å². The maximum atomic E-state index is 13.6. The molecule has 30 heavy (non-hydrogen) atoms. The standard InChI is InChI=1S/C23H24N2O5/c1-29-22(27)14-8-5-7-13-15(14)10-18-20-16(12-6-3-4-9-17(12)24-20)11-19(23(28)30-2)25(18)21(13)26/h3-4,6,8-9,13,15,18-19,24H,5,7,10-11H2,1-2H3/t13-,15-,18-,19+/m0/s1. The molecule has 4 atom stereocenters. The molecule has 1 aromatic heterocycles. The van der Waals surface area contributed by atoms with Crippen molar-refractivity contribution in [3.63, 3.8) is 0 Å². The van der Waals surface area contributed by atoms with Gasteiger partial charge in [-0.15, -0.1) is 0 Å². The van der Waals surface area contributed by atoms with Crippen molar-refractivity contribution >= 4 is 28.7 Å². The summed E-state index contributed by atoms with van der Waals surface area (Å²) in [5.74, 6) is -1.38. The molecule has 1 saturated heterocycles. The average Bonchev–Trinajstić information content (AvgIpc) is 3.16. The molecule has 2 aliphatic heterocycles. The maximum absolute atomic E-state index is 13.6. The van der Waals surface area contributed by atoms with E-state index in [4.69, 9.17) is 9.47 Å². The van der Waals surface area contributed by atoms with Crippen molar-refractivity contribution in [3.8, 4) is 0 Å². The normalized spacial score (nSPS) is 27.6. The molecule has 1 N–H and O–H groups in total. The quantitative estimate of drug-likeness (QED) is 0.772. The number of carbonyl (C=O) groups excluding carboxylic acids is 3. The number of amides is 1. The van der Waals surface area contributed by atoms with E-state index < -0.39 is 12.0 Å². The lowest BCUT2D eigenvalue weighted by atomic mass is 9.69. The molecule has 1 aliphatic carbocycles. The maximum Gasteiger partial charge on any atom is 0.333 e. The minimum Gasteiger partial charge on any atom is -0.467 e. The van der Waals surface area contributed by atoms with Gasteiger partial charge in [0.25, 0.3) is 0 Å². The third kappa shape index (κ3) is 2.61. The van der Waals surface area contributed by atoms with E-state index >= 15 is 0 Å². The smallest absolute Gasteiger partial charge is 0.333 e. The lowest BCUT2D eigenvalue weighted by Crippen LogP contribution is -2.58. The Bertz CT molecular complexity index is 1080. The van der Waals surface area contributed by atoms with Gasteiger partial charge in [-0.1, -0.05) is 24.3 Å². The van der Waals surface area contributed by atoms with Crippen LogP contribution in [0.2, 0.25) is 0 Å². The second kappa shape index (κ2) is 7.00. The fourth-order valence-corrected chi connectivity index (χ4v) is 5.60. The highest BCUT2D eigenvalue weighted by Crippen LogP contribution is 2.49. The number of methoxy groups -OCH3 is 2. The number of rotatable bonds is 2. The number of hydrogen-bond acceptors (Lipinski definition) is 5. The molecule has 1 fully saturated rings. The molecule has 5 rings (SSSR count). The Morgan fingerprint density at radius 2 is 1.93 bits per heavy atom. The van der Waals surface area contributed by atoms with Gasteiger partial charge in [-0.25, -0.2) is 9.59 Å². The number of H-pyrrole nitrogens is 1. The van der Waals surface area contributed by atoms with Gasteiger partial charge in [0.15, 0.2) is 0 Å². The van der Waals surface area contributed by atoms with Crippen molar-refractivity contribution < 1.29 is 23.9 Å². The zero-order valence-corrected chi connectivity index (χ0v) is 17.0. The number of ether oxygens (including phenoxy) is 2. The summed E-state index contributed by atoms with van der Waals surface area (Å²) in [5.41, 5.74) is 3.57. The fraction of sp³-hybridized carbons (Fsp3) is 0.435. The number of fused-ring (bicyclic) bond motifs is 6. The molecule has 0 spiro atoms. The molecule has 1 aromatic carbocycles. The number of allylic oxidation sites excluding steroid dienone is 1. The van der Waals surface area contributed by atoms with Gasteiger partial charge in [0.2, 0.25) is 5.91 Å². The minimum absolute atomic E-state index is 0.0783. The summed E-state index contributed by atoms with van der Waals surface area (Å²) in [7, 11) is 2.73. The van der Waals surface area contributed by atoms with Crippen LogP contribution in [-0.2, 0) is 30.3 Å². The van der Waals surface area contributed by atoms with E-state index in [1.54, 1.807) is 4.90 Å². The van der Waals surface area contributed by atoms with Gasteiger partial charge in [0.1, 0.15) is 6.04 Å². The zero-order valence-electron chi connectivity index (χ0n) is 17.0. The van der Waals surface area contributed by atoms with Crippen molar-refractivity contribution in [1.29, 1.82) is 0 Å². The van der Waals surface area contributed by atoms with Crippen LogP contribution in [0.1, 0.15) is 36.6 Å². The minimum atomic E-state index is -0.660. The summed E-state index contributed by atoms with van der Waals surface area (Å²) in [6.07, 6.45) is 4.22. The zero-order chi connectivity index (χ0) is 21.0. The number of hydrogen-bond donors (Lipinski definition) is 1. The van der Waals surface area contributed by atoms with E-state index in [0.29, 0.717) is 31.3 Å². The molecular formula is C23H24N2O5. The highest BCUT2D eigenvalue weighted by atomic mass is 16.5. The van der Waals surface area contributed by atoms with Crippen LogP contribution in [0, 0.1) is 11.8 Å². The number of piperidine rings is 1. The molecule has 0 bridgehead atoms. The Morgan fingerprint density at radius 1 is 1.13 bits per heavy atom. The predicted octanol–water partition coefficient (Wildman–Crippen LogP) is 2.66. The molecule has 2 aromatic rings. The molecular weight excluding hydrogens is 384 g/mol. The molecule has 1 amide bonds. The third-order valence-electron chi connectivity index (χ3n) is 6.92. The Hall–Kier alpha value is -3.09. The molecule has 0 unspecified atom stereocenters. The van der Waals surface area contributed by atoms with E-state index in [-0.39, 0.29) is 29.8 Å². The lowest BCUT2D eigenvalue weighted by Gasteiger charge is -2.49. The predicted molar refractivity (Wildman–Crippen MR) is 108 cm³/mol.